The maximum atomic E-state index is 3.65. The van der Waals surface area contributed by atoms with E-state index in [0.29, 0.717) is 6.04 Å². The zero-order chi connectivity index (χ0) is 13.7. The summed E-state index contributed by atoms with van der Waals surface area (Å²) in [6.45, 7) is 9.51. The van der Waals surface area contributed by atoms with Gasteiger partial charge in [0.05, 0.1) is 0 Å². The molecule has 1 fully saturated rings. The molecule has 1 heterocycles. The van der Waals surface area contributed by atoms with Crippen molar-refractivity contribution in [1.82, 2.24) is 10.2 Å². The monoisotopic (exact) mass is 324 g/mol. The summed E-state index contributed by atoms with van der Waals surface area (Å²) >= 11 is 3.48. The van der Waals surface area contributed by atoms with Crippen molar-refractivity contribution in [1.29, 1.82) is 0 Å². The molecule has 1 aromatic carbocycles. The van der Waals surface area contributed by atoms with Crippen LogP contribution in [0.5, 0.6) is 0 Å². The summed E-state index contributed by atoms with van der Waals surface area (Å²) in [7, 11) is 0. The Morgan fingerprint density at radius 2 is 1.79 bits per heavy atom. The third kappa shape index (κ3) is 4.90. The highest BCUT2D eigenvalue weighted by molar-refractivity contribution is 9.10. The van der Waals surface area contributed by atoms with Crippen molar-refractivity contribution in [2.45, 2.75) is 32.7 Å². The maximum absolute atomic E-state index is 3.65. The predicted octanol–water partition coefficient (Wildman–Crippen LogP) is 3.83. The summed E-state index contributed by atoms with van der Waals surface area (Å²) in [5.41, 5.74) is 1.36. The number of nitrogens with zero attached hydrogens (tertiary/aromatic N) is 1. The second-order valence-corrected chi connectivity index (χ2v) is 6.71. The molecule has 1 saturated heterocycles. The van der Waals surface area contributed by atoms with Gasteiger partial charge < -0.3 is 10.2 Å². The van der Waals surface area contributed by atoms with E-state index < -0.39 is 0 Å². The van der Waals surface area contributed by atoms with E-state index in [1.54, 1.807) is 0 Å². The normalized spacial score (nSPS) is 19.5. The summed E-state index contributed by atoms with van der Waals surface area (Å²) in [6, 6.07) is 9.02. The van der Waals surface area contributed by atoms with Crippen LogP contribution < -0.4 is 5.32 Å². The Morgan fingerprint density at radius 1 is 1.16 bits per heavy atom. The van der Waals surface area contributed by atoms with Gasteiger partial charge in [0.2, 0.25) is 0 Å². The summed E-state index contributed by atoms with van der Waals surface area (Å²) in [4.78, 5) is 2.59. The van der Waals surface area contributed by atoms with Crippen molar-refractivity contribution in [2.75, 3.05) is 26.2 Å². The van der Waals surface area contributed by atoms with Crippen LogP contribution in [0, 0.1) is 5.92 Å². The minimum Gasteiger partial charge on any atom is -0.310 e. The zero-order valence-electron chi connectivity index (χ0n) is 12.0. The van der Waals surface area contributed by atoms with Crippen molar-refractivity contribution in [3.8, 4) is 0 Å². The van der Waals surface area contributed by atoms with Gasteiger partial charge in [-0.15, -0.1) is 0 Å². The van der Waals surface area contributed by atoms with Gasteiger partial charge in [-0.1, -0.05) is 35.0 Å². The number of halogens is 1. The van der Waals surface area contributed by atoms with E-state index in [-0.39, 0.29) is 0 Å². The Balaban J connectivity index is 1.73. The lowest BCUT2D eigenvalue weighted by Gasteiger charge is -2.22. The van der Waals surface area contributed by atoms with Crippen LogP contribution in [-0.4, -0.2) is 31.1 Å². The molecule has 106 valence electrons. The predicted molar refractivity (Wildman–Crippen MR) is 85.4 cm³/mol. The molecule has 1 aliphatic rings. The van der Waals surface area contributed by atoms with Gasteiger partial charge in [-0.25, -0.2) is 0 Å². The van der Waals surface area contributed by atoms with Crippen LogP contribution in [0.4, 0.5) is 0 Å². The molecule has 2 unspecified atom stereocenters. The van der Waals surface area contributed by atoms with Crippen molar-refractivity contribution < 1.29 is 0 Å². The van der Waals surface area contributed by atoms with Gasteiger partial charge in [0.15, 0.2) is 0 Å². The SMILES string of the molecule is CC(CNC(C)c1ccc(Br)cc1)CN1CCCC1. The number of hydrogen-bond donors (Lipinski definition) is 1. The van der Waals surface area contributed by atoms with Crippen molar-refractivity contribution >= 4 is 15.9 Å². The van der Waals surface area contributed by atoms with E-state index in [0.717, 1.165) is 16.9 Å². The van der Waals surface area contributed by atoms with E-state index in [9.17, 15) is 0 Å². The quantitative estimate of drug-likeness (QED) is 0.855. The van der Waals surface area contributed by atoms with Crippen molar-refractivity contribution in [3.63, 3.8) is 0 Å². The second-order valence-electron chi connectivity index (χ2n) is 5.79. The first kappa shape index (κ1) is 15.0. The molecule has 2 nitrogen and oxygen atoms in total. The minimum absolute atomic E-state index is 0.425. The standard InChI is InChI=1S/C16H25BrN2/c1-13(12-19-9-3-4-10-19)11-18-14(2)15-5-7-16(17)8-6-15/h5-8,13-14,18H,3-4,9-12H2,1-2H3. The summed E-state index contributed by atoms with van der Waals surface area (Å²) < 4.78 is 1.14. The summed E-state index contributed by atoms with van der Waals surface area (Å²) in [5.74, 6) is 0.719. The lowest BCUT2D eigenvalue weighted by atomic mass is 10.1. The highest BCUT2D eigenvalue weighted by atomic mass is 79.9. The Bertz CT molecular complexity index is 371. The molecule has 0 spiro atoms. The number of likely N-dealkylation sites (tertiary alicyclic amines) is 1. The van der Waals surface area contributed by atoms with Crippen molar-refractivity contribution in [3.05, 3.63) is 34.3 Å². The average molecular weight is 325 g/mol. The van der Waals surface area contributed by atoms with Gasteiger partial charge in [0, 0.05) is 17.1 Å². The summed E-state index contributed by atoms with van der Waals surface area (Å²) in [6.07, 6.45) is 2.77. The van der Waals surface area contributed by atoms with Gasteiger partial charge in [-0.05, 0) is 63.0 Å². The van der Waals surface area contributed by atoms with Gasteiger partial charge in [0.25, 0.3) is 0 Å². The van der Waals surface area contributed by atoms with Crippen LogP contribution in [0.2, 0.25) is 0 Å². The first-order chi connectivity index (χ1) is 9.15. The van der Waals surface area contributed by atoms with E-state index in [1.807, 2.05) is 0 Å². The number of hydrogen-bond acceptors (Lipinski definition) is 2. The number of nitrogens with one attached hydrogen (secondary N) is 1. The molecule has 2 atom stereocenters. The van der Waals surface area contributed by atoms with Crippen LogP contribution in [-0.2, 0) is 0 Å². The molecule has 1 aromatic rings. The largest absolute Gasteiger partial charge is 0.310 e. The Hall–Kier alpha value is -0.380. The molecule has 0 aromatic heterocycles. The molecule has 0 bridgehead atoms. The van der Waals surface area contributed by atoms with E-state index >= 15 is 0 Å². The Kier molecular flexibility index (Phi) is 5.86. The molecule has 1 N–H and O–H groups in total. The molecule has 3 heteroatoms. The molecule has 0 saturated carbocycles. The molecular weight excluding hydrogens is 300 g/mol. The lowest BCUT2D eigenvalue weighted by molar-refractivity contribution is 0.279. The molecule has 0 aliphatic carbocycles. The highest BCUT2D eigenvalue weighted by Gasteiger charge is 2.15. The molecule has 0 amide bonds. The van der Waals surface area contributed by atoms with E-state index in [2.05, 4.69) is 64.3 Å². The third-order valence-electron chi connectivity index (χ3n) is 3.91. The first-order valence-corrected chi connectivity index (χ1v) is 8.15. The average Bonchev–Trinajstić information content (AvgIpc) is 2.89. The van der Waals surface area contributed by atoms with Crippen LogP contribution in [0.3, 0.4) is 0 Å². The molecular formula is C16H25BrN2. The topological polar surface area (TPSA) is 15.3 Å². The van der Waals surface area contributed by atoms with E-state index in [4.69, 9.17) is 0 Å². The van der Waals surface area contributed by atoms with Gasteiger partial charge in [-0.3, -0.25) is 0 Å². The van der Waals surface area contributed by atoms with Crippen LogP contribution >= 0.6 is 15.9 Å². The molecule has 1 aliphatic heterocycles. The fourth-order valence-corrected chi connectivity index (χ4v) is 2.98. The molecule has 2 rings (SSSR count). The zero-order valence-corrected chi connectivity index (χ0v) is 13.6. The summed E-state index contributed by atoms with van der Waals surface area (Å²) in [5, 5.41) is 3.65. The molecule has 19 heavy (non-hydrogen) atoms. The second kappa shape index (κ2) is 7.41. The highest BCUT2D eigenvalue weighted by Crippen LogP contribution is 2.17. The van der Waals surface area contributed by atoms with Gasteiger partial charge in [0.1, 0.15) is 0 Å². The Labute approximate surface area is 125 Å². The number of rotatable bonds is 6. The third-order valence-corrected chi connectivity index (χ3v) is 4.44. The van der Waals surface area contributed by atoms with Gasteiger partial charge in [-0.2, -0.15) is 0 Å². The lowest BCUT2D eigenvalue weighted by Crippen LogP contribution is -2.32. The molecule has 0 radical (unpaired) electrons. The smallest absolute Gasteiger partial charge is 0.0291 e. The minimum atomic E-state index is 0.425. The first-order valence-electron chi connectivity index (χ1n) is 7.36. The Morgan fingerprint density at radius 3 is 2.42 bits per heavy atom. The van der Waals surface area contributed by atoms with Crippen molar-refractivity contribution in [2.24, 2.45) is 5.92 Å². The van der Waals surface area contributed by atoms with Gasteiger partial charge >= 0.3 is 0 Å². The maximum Gasteiger partial charge on any atom is 0.0291 e. The van der Waals surface area contributed by atoms with Crippen LogP contribution in [0.1, 0.15) is 38.3 Å². The fraction of sp³-hybridized carbons (Fsp3) is 0.625. The number of benzene rings is 1. The van der Waals surface area contributed by atoms with E-state index in [1.165, 1.54) is 38.0 Å². The fourth-order valence-electron chi connectivity index (χ4n) is 2.72. The van der Waals surface area contributed by atoms with Crippen LogP contribution in [0.15, 0.2) is 28.7 Å². The van der Waals surface area contributed by atoms with Crippen LogP contribution in [0.25, 0.3) is 0 Å².